The Morgan fingerprint density at radius 2 is 1.78 bits per heavy atom. The lowest BCUT2D eigenvalue weighted by Gasteiger charge is -2.36. The Bertz CT molecular complexity index is 1690. The van der Waals surface area contributed by atoms with E-state index in [1.54, 1.807) is 45.0 Å². The van der Waals surface area contributed by atoms with Crippen LogP contribution in [0.5, 0.6) is 0 Å². The summed E-state index contributed by atoms with van der Waals surface area (Å²) in [5, 5.41) is 8.18. The molecule has 2 aliphatic heterocycles. The number of fused-ring (bicyclic) bond motifs is 2. The summed E-state index contributed by atoms with van der Waals surface area (Å²) in [5.41, 5.74) is 4.22. The zero-order valence-electron chi connectivity index (χ0n) is 26.6. The summed E-state index contributed by atoms with van der Waals surface area (Å²) in [6.07, 6.45) is 2.41. The molecule has 2 aliphatic rings. The topological polar surface area (TPSA) is 191 Å². The van der Waals surface area contributed by atoms with E-state index in [-0.39, 0.29) is 36.7 Å². The molecule has 5 amide bonds. The van der Waals surface area contributed by atoms with E-state index in [1.807, 2.05) is 25.1 Å². The van der Waals surface area contributed by atoms with E-state index in [9.17, 15) is 32.4 Å². The lowest BCUT2D eigenvalue weighted by atomic mass is 9.89. The van der Waals surface area contributed by atoms with Gasteiger partial charge in [0.2, 0.25) is 15.9 Å². The Labute approximate surface area is 268 Å². The number of nitrogens with one attached hydrogen (secondary N) is 3. The van der Waals surface area contributed by atoms with Gasteiger partial charge >= 0.3 is 6.03 Å². The highest BCUT2D eigenvalue weighted by atomic mass is 32.2. The zero-order valence-corrected chi connectivity index (χ0v) is 27.4. The molecular formula is C31H41N7O7S. The molecule has 46 heavy (non-hydrogen) atoms. The van der Waals surface area contributed by atoms with E-state index in [4.69, 9.17) is 5.73 Å². The number of nitrogens with two attached hydrogens (primary N) is 1. The Kier molecular flexibility index (Phi) is 10.1. The average molecular weight is 656 g/mol. The lowest BCUT2D eigenvalue weighted by molar-refractivity contribution is -0.155. The van der Waals surface area contributed by atoms with E-state index in [0.717, 1.165) is 15.7 Å². The second-order valence-electron chi connectivity index (χ2n) is 12.3. The van der Waals surface area contributed by atoms with Crippen molar-refractivity contribution in [3.63, 3.8) is 0 Å². The van der Waals surface area contributed by atoms with Crippen molar-refractivity contribution in [2.75, 3.05) is 32.1 Å². The fourth-order valence-electron chi connectivity index (χ4n) is 6.02. The first-order valence-corrected chi connectivity index (χ1v) is 16.5. The van der Waals surface area contributed by atoms with Gasteiger partial charge in [-0.15, -0.1) is 0 Å². The highest BCUT2D eigenvalue weighted by Gasteiger charge is 2.63. The second-order valence-corrected chi connectivity index (χ2v) is 13.9. The summed E-state index contributed by atoms with van der Waals surface area (Å²) in [7, 11) is -0.803. The van der Waals surface area contributed by atoms with E-state index < -0.39 is 51.4 Å². The van der Waals surface area contributed by atoms with Crippen LogP contribution in [-0.4, -0.2) is 93.3 Å². The summed E-state index contributed by atoms with van der Waals surface area (Å²) >= 11 is 0. The number of benzene rings is 2. The summed E-state index contributed by atoms with van der Waals surface area (Å²) in [4.78, 5) is 66.6. The normalized spacial score (nSPS) is 20.4. The van der Waals surface area contributed by atoms with Gasteiger partial charge in [-0.05, 0) is 50.3 Å². The molecule has 3 atom stereocenters. The van der Waals surface area contributed by atoms with E-state index in [2.05, 4.69) is 15.4 Å². The van der Waals surface area contributed by atoms with Crippen LogP contribution in [-0.2, 0) is 29.2 Å². The molecule has 2 aromatic rings. The van der Waals surface area contributed by atoms with Crippen molar-refractivity contribution < 1.29 is 32.4 Å². The van der Waals surface area contributed by atoms with Gasteiger partial charge in [0.25, 0.3) is 11.8 Å². The Morgan fingerprint density at radius 1 is 1.11 bits per heavy atom. The van der Waals surface area contributed by atoms with Gasteiger partial charge in [-0.1, -0.05) is 43.7 Å². The van der Waals surface area contributed by atoms with Crippen molar-refractivity contribution in [1.82, 2.24) is 25.4 Å². The molecule has 5 N–H and O–H groups in total. The number of sulfonamides is 1. The summed E-state index contributed by atoms with van der Waals surface area (Å²) < 4.78 is 30.8. The molecule has 0 aromatic heterocycles. The van der Waals surface area contributed by atoms with Crippen LogP contribution in [0.1, 0.15) is 40.0 Å². The van der Waals surface area contributed by atoms with Crippen molar-refractivity contribution in [2.45, 2.75) is 62.6 Å². The fourth-order valence-corrected chi connectivity index (χ4v) is 7.57. The molecule has 0 radical (unpaired) electrons. The number of urea groups is 1. The Balaban J connectivity index is 1.70. The second kappa shape index (κ2) is 13.5. The van der Waals surface area contributed by atoms with E-state index in [1.165, 1.54) is 12.1 Å². The molecule has 15 heteroatoms. The standard InChI is InChI=1S/C31H41N7O7S/c1-19(2)16-31(35-46(44,45)26-13-7-10-22-23(26)11-6-12-24(22)36(4)5)28(41)37-17-20(3)15-25(38(37)29(31)42)27(40)34-21(18-39)9-8-14-33-30(32)43/h6-7,10-13,15,18-19,21,25,35H,8-9,14,16-17H2,1-5H3,(H,34,40)(H3,32,33,43). The monoisotopic (exact) mass is 655 g/mol. The highest BCUT2D eigenvalue weighted by Crippen LogP contribution is 2.37. The van der Waals surface area contributed by atoms with Crippen LogP contribution in [0.2, 0.25) is 0 Å². The number of primary amides is 1. The van der Waals surface area contributed by atoms with Gasteiger partial charge in [0.1, 0.15) is 6.29 Å². The molecule has 0 aliphatic carbocycles. The molecule has 0 saturated carbocycles. The summed E-state index contributed by atoms with van der Waals surface area (Å²) in [6.45, 7) is 5.37. The largest absolute Gasteiger partial charge is 0.377 e. The number of amides is 5. The summed E-state index contributed by atoms with van der Waals surface area (Å²) in [5.74, 6) is -2.71. The number of carbonyl (C=O) groups is 5. The van der Waals surface area contributed by atoms with Crippen LogP contribution < -0.4 is 26.0 Å². The number of aldehydes is 1. The van der Waals surface area contributed by atoms with Gasteiger partial charge in [0.15, 0.2) is 11.6 Å². The van der Waals surface area contributed by atoms with Gasteiger partial charge in [-0.2, -0.15) is 4.72 Å². The van der Waals surface area contributed by atoms with Crippen molar-refractivity contribution >= 4 is 56.5 Å². The lowest BCUT2D eigenvalue weighted by Crippen LogP contribution is -2.60. The molecular weight excluding hydrogens is 614 g/mol. The van der Waals surface area contributed by atoms with Crippen LogP contribution >= 0.6 is 0 Å². The number of anilines is 1. The molecule has 0 spiro atoms. The number of hydrogen-bond acceptors (Lipinski definition) is 8. The highest BCUT2D eigenvalue weighted by molar-refractivity contribution is 7.89. The van der Waals surface area contributed by atoms with Crippen molar-refractivity contribution in [1.29, 1.82) is 0 Å². The minimum absolute atomic E-state index is 0.0354. The van der Waals surface area contributed by atoms with Crippen molar-refractivity contribution in [2.24, 2.45) is 11.7 Å². The maximum Gasteiger partial charge on any atom is 0.312 e. The van der Waals surface area contributed by atoms with Crippen molar-refractivity contribution in [3.05, 3.63) is 48.0 Å². The number of rotatable bonds is 13. The van der Waals surface area contributed by atoms with E-state index >= 15 is 0 Å². The minimum Gasteiger partial charge on any atom is -0.377 e. The quantitative estimate of drug-likeness (QED) is 0.106. The van der Waals surface area contributed by atoms with Gasteiger partial charge < -0.3 is 26.1 Å². The molecule has 1 fully saturated rings. The zero-order chi connectivity index (χ0) is 34.0. The third kappa shape index (κ3) is 6.70. The maximum absolute atomic E-state index is 14.4. The molecule has 3 unspecified atom stereocenters. The van der Waals surface area contributed by atoms with Gasteiger partial charge in [0.05, 0.1) is 17.5 Å². The number of hydrazine groups is 1. The molecule has 2 aromatic carbocycles. The first kappa shape index (κ1) is 34.4. The molecule has 2 heterocycles. The Morgan fingerprint density at radius 3 is 2.41 bits per heavy atom. The minimum atomic E-state index is -4.48. The first-order chi connectivity index (χ1) is 21.6. The molecule has 1 saturated heterocycles. The average Bonchev–Trinajstić information content (AvgIpc) is 3.17. The number of nitrogens with zero attached hydrogens (tertiary/aromatic N) is 3. The van der Waals surface area contributed by atoms with Gasteiger partial charge in [0, 0.05) is 37.1 Å². The maximum atomic E-state index is 14.4. The van der Waals surface area contributed by atoms with Crippen LogP contribution in [0, 0.1) is 5.92 Å². The number of hydrogen-bond donors (Lipinski definition) is 4. The molecule has 0 bridgehead atoms. The van der Waals surface area contributed by atoms with Crippen LogP contribution in [0.3, 0.4) is 0 Å². The van der Waals surface area contributed by atoms with Crippen molar-refractivity contribution in [3.8, 4) is 0 Å². The molecule has 248 valence electrons. The third-order valence-corrected chi connectivity index (χ3v) is 9.50. The van der Waals surface area contributed by atoms with Gasteiger partial charge in [-0.25, -0.2) is 23.2 Å². The number of carbonyl (C=O) groups excluding carboxylic acids is 5. The predicted molar refractivity (Wildman–Crippen MR) is 172 cm³/mol. The summed E-state index contributed by atoms with van der Waals surface area (Å²) in [6, 6.07) is 7.09. The third-order valence-electron chi connectivity index (χ3n) is 7.94. The predicted octanol–water partition coefficient (Wildman–Crippen LogP) is 1.02. The molecule has 4 rings (SSSR count). The fraction of sp³-hybridized carbons (Fsp3) is 0.452. The smallest absolute Gasteiger partial charge is 0.312 e. The molecule has 14 nitrogen and oxygen atoms in total. The SMILES string of the molecule is CC1=CC(C(=O)NC(C=O)CCCNC(N)=O)N2C(=O)C(CC(C)C)(NS(=O)(=O)c3cccc4c(N(C)C)cccc34)C(=O)N2C1. The van der Waals surface area contributed by atoms with Crippen LogP contribution in [0.25, 0.3) is 10.8 Å². The van der Waals surface area contributed by atoms with E-state index in [0.29, 0.717) is 29.1 Å². The van der Waals surface area contributed by atoms with Gasteiger partial charge in [-0.3, -0.25) is 14.4 Å². The van der Waals surface area contributed by atoms with Crippen LogP contribution in [0.4, 0.5) is 10.5 Å². The Hall–Kier alpha value is -4.50. The first-order valence-electron chi connectivity index (χ1n) is 15.0. The van der Waals surface area contributed by atoms with Crippen LogP contribution in [0.15, 0.2) is 52.9 Å².